The SMILES string of the molecule is COC(=O)c1cnc(NC2CCCN(Cc3c(F)cccc3F)C2)c([N+](=O)[O-])c1. The molecule has 0 bridgehead atoms. The molecule has 3 rings (SSSR count). The normalized spacial score (nSPS) is 17.0. The molecule has 0 radical (unpaired) electrons. The molecule has 2 heterocycles. The predicted molar refractivity (Wildman–Crippen MR) is 101 cm³/mol. The summed E-state index contributed by atoms with van der Waals surface area (Å²) in [5, 5.41) is 14.4. The molecule has 154 valence electrons. The molecule has 1 N–H and O–H groups in total. The molecule has 10 heteroatoms. The minimum absolute atomic E-state index is 0.000290. The monoisotopic (exact) mass is 406 g/mol. The number of aromatic nitrogens is 1. The summed E-state index contributed by atoms with van der Waals surface area (Å²) < 4.78 is 32.4. The number of nitro groups is 1. The smallest absolute Gasteiger partial charge is 0.339 e. The molecule has 1 saturated heterocycles. The van der Waals surface area contributed by atoms with Crippen LogP contribution in [0.25, 0.3) is 0 Å². The molecule has 1 atom stereocenters. The molecule has 0 saturated carbocycles. The van der Waals surface area contributed by atoms with Crippen LogP contribution in [0, 0.1) is 21.7 Å². The van der Waals surface area contributed by atoms with Gasteiger partial charge in [0.15, 0.2) is 0 Å². The van der Waals surface area contributed by atoms with Crippen LogP contribution in [-0.4, -0.2) is 47.0 Å². The Balaban J connectivity index is 1.73. The number of ether oxygens (including phenoxy) is 1. The minimum atomic E-state index is -0.720. The number of methoxy groups -OCH3 is 1. The second-order valence-corrected chi connectivity index (χ2v) is 6.76. The number of esters is 1. The van der Waals surface area contributed by atoms with Gasteiger partial charge in [-0.15, -0.1) is 0 Å². The van der Waals surface area contributed by atoms with Crippen molar-refractivity contribution in [1.82, 2.24) is 9.88 Å². The summed E-state index contributed by atoms with van der Waals surface area (Å²) in [6.45, 7) is 1.20. The quantitative estimate of drug-likeness (QED) is 0.447. The van der Waals surface area contributed by atoms with Crippen LogP contribution in [0.2, 0.25) is 0 Å². The van der Waals surface area contributed by atoms with Crippen LogP contribution in [0.5, 0.6) is 0 Å². The Kier molecular flexibility index (Phi) is 6.32. The van der Waals surface area contributed by atoms with E-state index in [1.165, 1.54) is 31.5 Å². The lowest BCUT2D eigenvalue weighted by Crippen LogP contribution is -2.42. The first kappa shape index (κ1) is 20.6. The van der Waals surface area contributed by atoms with E-state index in [-0.39, 0.29) is 35.2 Å². The van der Waals surface area contributed by atoms with Gasteiger partial charge in [0, 0.05) is 37.0 Å². The van der Waals surface area contributed by atoms with Crippen molar-refractivity contribution in [3.8, 4) is 0 Å². The molecule has 0 aliphatic carbocycles. The first-order valence-corrected chi connectivity index (χ1v) is 9.03. The van der Waals surface area contributed by atoms with Crippen LogP contribution in [0.3, 0.4) is 0 Å². The summed E-state index contributed by atoms with van der Waals surface area (Å²) in [6.07, 6.45) is 2.67. The van der Waals surface area contributed by atoms with Crippen molar-refractivity contribution in [2.75, 3.05) is 25.5 Å². The number of halogens is 2. The van der Waals surface area contributed by atoms with E-state index in [1.54, 1.807) is 0 Å². The maximum atomic E-state index is 13.9. The third-order valence-electron chi connectivity index (χ3n) is 4.78. The summed E-state index contributed by atoms with van der Waals surface area (Å²) in [5.41, 5.74) is -0.366. The highest BCUT2D eigenvalue weighted by atomic mass is 19.1. The zero-order valence-electron chi connectivity index (χ0n) is 15.7. The molecule has 29 heavy (non-hydrogen) atoms. The van der Waals surface area contributed by atoms with E-state index in [9.17, 15) is 23.7 Å². The van der Waals surface area contributed by atoms with Crippen molar-refractivity contribution in [1.29, 1.82) is 0 Å². The van der Waals surface area contributed by atoms with E-state index in [0.29, 0.717) is 19.5 Å². The first-order valence-electron chi connectivity index (χ1n) is 9.03. The van der Waals surface area contributed by atoms with Crippen molar-refractivity contribution in [2.45, 2.75) is 25.4 Å². The number of carbonyl (C=O) groups is 1. The van der Waals surface area contributed by atoms with Crippen molar-refractivity contribution < 1.29 is 23.2 Å². The zero-order valence-corrected chi connectivity index (χ0v) is 15.7. The van der Waals surface area contributed by atoms with Crippen LogP contribution in [0.1, 0.15) is 28.8 Å². The maximum Gasteiger partial charge on any atom is 0.339 e. The topological polar surface area (TPSA) is 97.6 Å². The molecule has 1 aliphatic heterocycles. The minimum Gasteiger partial charge on any atom is -0.465 e. The zero-order chi connectivity index (χ0) is 21.0. The van der Waals surface area contributed by atoms with Gasteiger partial charge in [0.2, 0.25) is 5.82 Å². The van der Waals surface area contributed by atoms with E-state index in [2.05, 4.69) is 15.0 Å². The number of hydrogen-bond donors (Lipinski definition) is 1. The molecule has 0 spiro atoms. The second-order valence-electron chi connectivity index (χ2n) is 6.76. The number of hydrogen-bond acceptors (Lipinski definition) is 7. The molecule has 1 fully saturated rings. The van der Waals surface area contributed by atoms with Crippen LogP contribution < -0.4 is 5.32 Å². The highest BCUT2D eigenvalue weighted by Gasteiger charge is 2.26. The average Bonchev–Trinajstić information content (AvgIpc) is 2.70. The van der Waals surface area contributed by atoms with Gasteiger partial charge in [0.05, 0.1) is 17.6 Å². The third-order valence-corrected chi connectivity index (χ3v) is 4.78. The first-order chi connectivity index (χ1) is 13.9. The molecule has 1 aromatic heterocycles. The summed E-state index contributed by atoms with van der Waals surface area (Å²) in [7, 11) is 1.18. The molecule has 0 amide bonds. The lowest BCUT2D eigenvalue weighted by Gasteiger charge is -2.33. The van der Waals surface area contributed by atoms with Gasteiger partial charge in [-0.05, 0) is 31.5 Å². The Labute approximate surface area is 165 Å². The number of rotatable bonds is 6. The summed E-state index contributed by atoms with van der Waals surface area (Å²) in [4.78, 5) is 28.2. The van der Waals surface area contributed by atoms with Crippen LogP contribution >= 0.6 is 0 Å². The summed E-state index contributed by atoms with van der Waals surface area (Å²) in [5.74, 6) is -1.89. The van der Waals surface area contributed by atoms with Crippen molar-refractivity contribution in [3.63, 3.8) is 0 Å². The van der Waals surface area contributed by atoms with Crippen LogP contribution in [0.4, 0.5) is 20.3 Å². The molecule has 1 aromatic carbocycles. The fourth-order valence-electron chi connectivity index (χ4n) is 3.35. The second kappa shape index (κ2) is 8.91. The number of likely N-dealkylation sites (tertiary alicyclic amines) is 1. The number of benzene rings is 1. The standard InChI is InChI=1S/C19H20F2N4O4/c1-29-19(26)12-8-17(25(27)28)18(22-9-12)23-13-4-3-7-24(10-13)11-14-15(20)5-2-6-16(14)21/h2,5-6,8-9,13H,3-4,7,10-11H2,1H3,(H,22,23). The van der Waals surface area contributed by atoms with E-state index < -0.39 is 22.5 Å². The van der Waals surface area contributed by atoms with Gasteiger partial charge in [-0.2, -0.15) is 0 Å². The van der Waals surface area contributed by atoms with Crippen molar-refractivity contribution in [3.05, 3.63) is 63.3 Å². The largest absolute Gasteiger partial charge is 0.465 e. The van der Waals surface area contributed by atoms with Gasteiger partial charge in [0.25, 0.3) is 0 Å². The van der Waals surface area contributed by atoms with E-state index in [0.717, 1.165) is 12.5 Å². The Bertz CT molecular complexity index is 905. The Morgan fingerprint density at radius 3 is 2.79 bits per heavy atom. The highest BCUT2D eigenvalue weighted by molar-refractivity contribution is 5.90. The van der Waals surface area contributed by atoms with Gasteiger partial charge < -0.3 is 10.1 Å². The van der Waals surface area contributed by atoms with E-state index in [4.69, 9.17) is 0 Å². The van der Waals surface area contributed by atoms with E-state index in [1.807, 2.05) is 4.90 Å². The molecule has 2 aromatic rings. The highest BCUT2D eigenvalue weighted by Crippen LogP contribution is 2.26. The summed E-state index contributed by atoms with van der Waals surface area (Å²) >= 11 is 0. The average molecular weight is 406 g/mol. The fourth-order valence-corrected chi connectivity index (χ4v) is 3.35. The number of carbonyl (C=O) groups excluding carboxylic acids is 1. The van der Waals surface area contributed by atoms with Gasteiger partial charge >= 0.3 is 11.7 Å². The molecule has 1 aliphatic rings. The summed E-state index contributed by atoms with van der Waals surface area (Å²) in [6, 6.07) is 4.66. The van der Waals surface area contributed by atoms with Gasteiger partial charge in [-0.25, -0.2) is 18.6 Å². The molecular formula is C19H20F2N4O4. The number of nitrogens with zero attached hydrogens (tertiary/aromatic N) is 3. The number of piperidine rings is 1. The Hall–Kier alpha value is -3.14. The third kappa shape index (κ3) is 4.83. The van der Waals surface area contributed by atoms with Crippen molar-refractivity contribution in [2.24, 2.45) is 0 Å². The molecule has 8 nitrogen and oxygen atoms in total. The van der Waals surface area contributed by atoms with E-state index >= 15 is 0 Å². The predicted octanol–water partition coefficient (Wildman–Crippen LogP) is 3.13. The molecular weight excluding hydrogens is 386 g/mol. The fraction of sp³-hybridized carbons (Fsp3) is 0.368. The van der Waals surface area contributed by atoms with Crippen LogP contribution in [-0.2, 0) is 11.3 Å². The van der Waals surface area contributed by atoms with Crippen LogP contribution in [0.15, 0.2) is 30.5 Å². The lowest BCUT2D eigenvalue weighted by atomic mass is 10.0. The Morgan fingerprint density at radius 2 is 2.14 bits per heavy atom. The van der Waals surface area contributed by atoms with Crippen molar-refractivity contribution >= 4 is 17.5 Å². The number of nitrogens with one attached hydrogen (secondary N) is 1. The molecule has 1 unspecified atom stereocenters. The Morgan fingerprint density at radius 1 is 1.41 bits per heavy atom. The maximum absolute atomic E-state index is 13.9. The lowest BCUT2D eigenvalue weighted by molar-refractivity contribution is -0.384. The van der Waals surface area contributed by atoms with Gasteiger partial charge in [0.1, 0.15) is 11.6 Å². The van der Waals surface area contributed by atoms with Gasteiger partial charge in [-0.1, -0.05) is 6.07 Å². The number of anilines is 1. The van der Waals surface area contributed by atoms with Gasteiger partial charge in [-0.3, -0.25) is 15.0 Å². The number of pyridine rings is 1.